The molecule has 1 aliphatic rings. The predicted octanol–water partition coefficient (Wildman–Crippen LogP) is 1.51. The molecule has 0 spiro atoms. The summed E-state index contributed by atoms with van der Waals surface area (Å²) >= 11 is 0. The Morgan fingerprint density at radius 3 is 2.83 bits per heavy atom. The number of carbonyl (C=O) groups is 1. The van der Waals surface area contributed by atoms with Crippen LogP contribution in [0.3, 0.4) is 0 Å². The van der Waals surface area contributed by atoms with Crippen molar-refractivity contribution >= 4 is 5.97 Å². The standard InChI is InChI=1S/C15H20N6O2/c1-2-5-21-13(18-10-19-21)9-20-6-3-4-12(20)14-16-7-11(8-17-14)15(22)23/h7-8,10,12H,2-6,9H2,1H3,(H,22,23). The first-order valence-electron chi connectivity index (χ1n) is 7.85. The van der Waals surface area contributed by atoms with E-state index in [1.807, 2.05) is 4.68 Å². The second kappa shape index (κ2) is 6.82. The molecular weight excluding hydrogens is 296 g/mol. The minimum atomic E-state index is -1.01. The lowest BCUT2D eigenvalue weighted by atomic mass is 10.2. The Kier molecular flexibility index (Phi) is 4.61. The van der Waals surface area contributed by atoms with Gasteiger partial charge >= 0.3 is 5.97 Å². The average molecular weight is 316 g/mol. The highest BCUT2D eigenvalue weighted by molar-refractivity contribution is 5.86. The molecule has 0 amide bonds. The zero-order valence-corrected chi connectivity index (χ0v) is 13.1. The number of carboxylic acid groups (broad SMARTS) is 1. The number of hydrogen-bond donors (Lipinski definition) is 1. The first-order chi connectivity index (χ1) is 11.2. The molecule has 1 atom stereocenters. The fourth-order valence-corrected chi connectivity index (χ4v) is 2.92. The van der Waals surface area contributed by atoms with Crippen LogP contribution in [0, 0.1) is 0 Å². The number of carboxylic acids is 1. The molecule has 1 aliphatic heterocycles. The number of likely N-dealkylation sites (tertiary alicyclic amines) is 1. The van der Waals surface area contributed by atoms with Crippen molar-refractivity contribution in [2.24, 2.45) is 0 Å². The van der Waals surface area contributed by atoms with Crippen LogP contribution in [0.15, 0.2) is 18.7 Å². The predicted molar refractivity (Wildman–Crippen MR) is 81.7 cm³/mol. The molecule has 0 aliphatic carbocycles. The number of aryl methyl sites for hydroxylation is 1. The molecule has 1 saturated heterocycles. The SMILES string of the molecule is CCCn1ncnc1CN1CCCC1c1ncc(C(=O)O)cn1. The molecule has 3 rings (SSSR count). The fraction of sp³-hybridized carbons (Fsp3) is 0.533. The van der Waals surface area contributed by atoms with Crippen LogP contribution < -0.4 is 0 Å². The molecule has 0 aromatic carbocycles. The van der Waals surface area contributed by atoms with Gasteiger partial charge in [0.15, 0.2) is 0 Å². The molecule has 0 saturated carbocycles. The summed E-state index contributed by atoms with van der Waals surface area (Å²) in [5.74, 6) is 0.613. The van der Waals surface area contributed by atoms with E-state index >= 15 is 0 Å². The van der Waals surface area contributed by atoms with Crippen LogP contribution in [0.1, 0.15) is 54.2 Å². The molecular formula is C15H20N6O2. The second-order valence-electron chi connectivity index (χ2n) is 5.66. The summed E-state index contributed by atoms with van der Waals surface area (Å²) in [6.45, 7) is 4.63. The van der Waals surface area contributed by atoms with E-state index in [0.717, 1.165) is 38.2 Å². The molecule has 122 valence electrons. The van der Waals surface area contributed by atoms with Crippen molar-refractivity contribution in [2.75, 3.05) is 6.54 Å². The van der Waals surface area contributed by atoms with E-state index in [9.17, 15) is 4.79 Å². The maximum atomic E-state index is 10.9. The molecule has 8 nitrogen and oxygen atoms in total. The number of hydrogen-bond acceptors (Lipinski definition) is 6. The van der Waals surface area contributed by atoms with Gasteiger partial charge in [0.1, 0.15) is 18.0 Å². The molecule has 2 aromatic rings. The van der Waals surface area contributed by atoms with Crippen molar-refractivity contribution in [3.8, 4) is 0 Å². The van der Waals surface area contributed by atoms with Crippen molar-refractivity contribution in [1.82, 2.24) is 29.6 Å². The summed E-state index contributed by atoms with van der Waals surface area (Å²) in [5.41, 5.74) is 0.112. The van der Waals surface area contributed by atoms with Gasteiger partial charge in [0.2, 0.25) is 0 Å². The lowest BCUT2D eigenvalue weighted by Crippen LogP contribution is -2.26. The van der Waals surface area contributed by atoms with Gasteiger partial charge in [-0.05, 0) is 25.8 Å². The molecule has 2 aromatic heterocycles. The Labute approximate surface area is 134 Å². The van der Waals surface area contributed by atoms with Gasteiger partial charge in [-0.2, -0.15) is 5.10 Å². The molecule has 1 unspecified atom stereocenters. The topological polar surface area (TPSA) is 97.0 Å². The summed E-state index contributed by atoms with van der Waals surface area (Å²) in [7, 11) is 0. The van der Waals surface area contributed by atoms with Gasteiger partial charge in [-0.15, -0.1) is 0 Å². The number of aromatic carboxylic acids is 1. The number of nitrogens with zero attached hydrogens (tertiary/aromatic N) is 6. The minimum absolute atomic E-state index is 0.102. The van der Waals surface area contributed by atoms with Crippen LogP contribution in [0.25, 0.3) is 0 Å². The highest BCUT2D eigenvalue weighted by atomic mass is 16.4. The van der Waals surface area contributed by atoms with E-state index in [2.05, 4.69) is 31.9 Å². The monoisotopic (exact) mass is 316 g/mol. The minimum Gasteiger partial charge on any atom is -0.478 e. The van der Waals surface area contributed by atoms with Crippen LogP contribution in [0.5, 0.6) is 0 Å². The molecule has 1 N–H and O–H groups in total. The summed E-state index contributed by atoms with van der Waals surface area (Å²) in [6.07, 6.45) is 7.39. The van der Waals surface area contributed by atoms with E-state index in [1.165, 1.54) is 12.4 Å². The lowest BCUT2D eigenvalue weighted by molar-refractivity contribution is 0.0695. The third-order valence-corrected chi connectivity index (χ3v) is 4.06. The molecule has 0 radical (unpaired) electrons. The van der Waals surface area contributed by atoms with E-state index in [4.69, 9.17) is 5.11 Å². The maximum absolute atomic E-state index is 10.9. The highest BCUT2D eigenvalue weighted by Crippen LogP contribution is 2.30. The summed E-state index contributed by atoms with van der Waals surface area (Å²) < 4.78 is 1.93. The Bertz CT molecular complexity index is 669. The smallest absolute Gasteiger partial charge is 0.338 e. The highest BCUT2D eigenvalue weighted by Gasteiger charge is 2.29. The van der Waals surface area contributed by atoms with E-state index in [-0.39, 0.29) is 11.6 Å². The Balaban J connectivity index is 1.74. The lowest BCUT2D eigenvalue weighted by Gasteiger charge is -2.22. The number of aromatic nitrogens is 5. The number of rotatable bonds is 6. The molecule has 3 heterocycles. The summed E-state index contributed by atoms with van der Waals surface area (Å²) in [4.78, 5) is 26.0. The largest absolute Gasteiger partial charge is 0.478 e. The molecule has 1 fully saturated rings. The Morgan fingerprint density at radius 2 is 2.13 bits per heavy atom. The van der Waals surface area contributed by atoms with Crippen molar-refractivity contribution in [2.45, 2.75) is 45.3 Å². The van der Waals surface area contributed by atoms with Gasteiger partial charge in [0.25, 0.3) is 0 Å². The quantitative estimate of drug-likeness (QED) is 0.862. The van der Waals surface area contributed by atoms with Gasteiger partial charge in [-0.3, -0.25) is 4.90 Å². The fourth-order valence-electron chi connectivity index (χ4n) is 2.92. The average Bonchev–Trinajstić information content (AvgIpc) is 3.18. The van der Waals surface area contributed by atoms with Crippen LogP contribution in [-0.2, 0) is 13.1 Å². The normalized spacial score (nSPS) is 18.4. The van der Waals surface area contributed by atoms with E-state index in [1.54, 1.807) is 6.33 Å². The van der Waals surface area contributed by atoms with Gasteiger partial charge in [-0.1, -0.05) is 6.92 Å². The van der Waals surface area contributed by atoms with Gasteiger partial charge < -0.3 is 5.11 Å². The van der Waals surface area contributed by atoms with E-state index in [0.29, 0.717) is 12.4 Å². The summed E-state index contributed by atoms with van der Waals surface area (Å²) in [5, 5.41) is 13.2. The van der Waals surface area contributed by atoms with Gasteiger partial charge in [0, 0.05) is 18.9 Å². The zero-order valence-electron chi connectivity index (χ0n) is 13.1. The zero-order chi connectivity index (χ0) is 16.2. The van der Waals surface area contributed by atoms with Crippen molar-refractivity contribution < 1.29 is 9.90 Å². The Morgan fingerprint density at radius 1 is 1.35 bits per heavy atom. The molecule has 0 bridgehead atoms. The van der Waals surface area contributed by atoms with Crippen LogP contribution in [0.2, 0.25) is 0 Å². The van der Waals surface area contributed by atoms with Crippen LogP contribution in [-0.4, -0.2) is 47.3 Å². The van der Waals surface area contributed by atoms with Crippen molar-refractivity contribution in [3.05, 3.63) is 35.9 Å². The van der Waals surface area contributed by atoms with Crippen LogP contribution in [0.4, 0.5) is 0 Å². The maximum Gasteiger partial charge on any atom is 0.338 e. The van der Waals surface area contributed by atoms with Gasteiger partial charge in [-0.25, -0.2) is 24.4 Å². The summed E-state index contributed by atoms with van der Waals surface area (Å²) in [6, 6.07) is 0.102. The third-order valence-electron chi connectivity index (χ3n) is 4.06. The molecule has 8 heteroatoms. The Hall–Kier alpha value is -2.35. The molecule has 23 heavy (non-hydrogen) atoms. The van der Waals surface area contributed by atoms with Gasteiger partial charge in [0.05, 0.1) is 18.2 Å². The van der Waals surface area contributed by atoms with Crippen molar-refractivity contribution in [1.29, 1.82) is 0 Å². The van der Waals surface area contributed by atoms with E-state index < -0.39 is 5.97 Å². The third kappa shape index (κ3) is 3.37. The first kappa shape index (κ1) is 15.5. The second-order valence-corrected chi connectivity index (χ2v) is 5.66. The van der Waals surface area contributed by atoms with Crippen molar-refractivity contribution in [3.63, 3.8) is 0 Å². The first-order valence-corrected chi connectivity index (χ1v) is 7.85. The van der Waals surface area contributed by atoms with Crippen LogP contribution >= 0.6 is 0 Å².